The monoisotopic (exact) mass is 375 g/mol. The third kappa shape index (κ3) is 4.56. The van der Waals surface area contributed by atoms with Crippen LogP contribution in [0.2, 0.25) is 0 Å². The second kappa shape index (κ2) is 8.74. The Morgan fingerprint density at radius 1 is 1.00 bits per heavy atom. The van der Waals surface area contributed by atoms with Crippen molar-refractivity contribution >= 4 is 11.0 Å². The number of rotatable bonds is 6. The summed E-state index contributed by atoms with van der Waals surface area (Å²) in [5, 5.41) is 0.544. The number of nitrogens with one attached hydrogen (secondary N) is 1. The Bertz CT molecular complexity index is 919. The second-order valence-corrected chi connectivity index (χ2v) is 6.17. The first kappa shape index (κ1) is 19.8. The molecule has 0 atom stereocenters. The molecule has 138 valence electrons. The summed E-state index contributed by atoms with van der Waals surface area (Å²) >= 11 is 0. The molecular formula is C20H22ClNO4. The molecule has 1 N–H and O–H groups in total. The summed E-state index contributed by atoms with van der Waals surface area (Å²) < 4.78 is 16.8. The van der Waals surface area contributed by atoms with E-state index < -0.39 is 0 Å². The molecule has 0 aliphatic heterocycles. The van der Waals surface area contributed by atoms with Gasteiger partial charge in [-0.1, -0.05) is 0 Å². The highest BCUT2D eigenvalue weighted by molar-refractivity contribution is 5.80. The summed E-state index contributed by atoms with van der Waals surface area (Å²) in [7, 11) is 5.76. The van der Waals surface area contributed by atoms with Crippen molar-refractivity contribution in [2.24, 2.45) is 0 Å². The lowest BCUT2D eigenvalue weighted by atomic mass is 10.1. The van der Waals surface area contributed by atoms with Crippen molar-refractivity contribution in [2.45, 2.75) is 0 Å². The van der Waals surface area contributed by atoms with E-state index in [0.717, 1.165) is 17.9 Å². The van der Waals surface area contributed by atoms with E-state index in [1.54, 1.807) is 25.3 Å². The van der Waals surface area contributed by atoms with Crippen LogP contribution < -0.4 is 32.2 Å². The van der Waals surface area contributed by atoms with E-state index in [1.807, 2.05) is 24.3 Å². The molecule has 0 saturated carbocycles. The van der Waals surface area contributed by atoms with E-state index in [4.69, 9.17) is 13.9 Å². The molecule has 3 aromatic rings. The largest absolute Gasteiger partial charge is 1.00 e. The predicted octanol–water partition coefficient (Wildman–Crippen LogP) is -1.00. The van der Waals surface area contributed by atoms with Gasteiger partial charge in [0, 0.05) is 17.7 Å². The summed E-state index contributed by atoms with van der Waals surface area (Å²) in [5.41, 5.74) is 1.27. The number of ether oxygens (including phenoxy) is 2. The van der Waals surface area contributed by atoms with Crippen LogP contribution in [0.25, 0.3) is 22.3 Å². The first-order chi connectivity index (χ1) is 12.1. The number of hydrogen-bond acceptors (Lipinski definition) is 4. The lowest BCUT2D eigenvalue weighted by Crippen LogP contribution is -3.06. The van der Waals surface area contributed by atoms with Crippen LogP contribution in [0.15, 0.2) is 57.7 Å². The zero-order valence-corrected chi connectivity index (χ0v) is 15.8. The number of methoxy groups -OCH3 is 1. The smallest absolute Gasteiger partial charge is 0.193 e. The van der Waals surface area contributed by atoms with Gasteiger partial charge in [-0.25, -0.2) is 0 Å². The fourth-order valence-electron chi connectivity index (χ4n) is 2.50. The topological polar surface area (TPSA) is 53.1 Å². The Labute approximate surface area is 158 Å². The predicted molar refractivity (Wildman–Crippen MR) is 97.6 cm³/mol. The standard InChI is InChI=1S/C20H21NO4.ClH/c1-21(2)10-11-24-16-8-9-17-18(22)13-19(25-20(17)12-16)14-4-6-15(23-3)7-5-14;/h4-9,12-13H,10-11H2,1-3H3;1H. The average molecular weight is 376 g/mol. The number of halogens is 1. The number of likely N-dealkylation sites (N-methyl/N-ethyl adjacent to an activating group) is 1. The van der Waals surface area contributed by atoms with Gasteiger partial charge in [0.25, 0.3) is 0 Å². The molecule has 0 radical (unpaired) electrons. The highest BCUT2D eigenvalue weighted by Crippen LogP contribution is 2.26. The highest BCUT2D eigenvalue weighted by atomic mass is 35.5. The number of quaternary nitrogens is 1. The molecule has 1 heterocycles. The van der Waals surface area contributed by atoms with Crippen molar-refractivity contribution in [1.82, 2.24) is 0 Å². The first-order valence-corrected chi connectivity index (χ1v) is 8.21. The minimum absolute atomic E-state index is 0. The Morgan fingerprint density at radius 2 is 1.69 bits per heavy atom. The van der Waals surface area contributed by atoms with Crippen molar-refractivity contribution in [1.29, 1.82) is 0 Å². The number of hydrogen-bond donors (Lipinski definition) is 1. The molecule has 3 rings (SSSR count). The Balaban J connectivity index is 0.00000243. The van der Waals surface area contributed by atoms with E-state index in [0.29, 0.717) is 29.1 Å². The number of fused-ring (bicyclic) bond motifs is 1. The van der Waals surface area contributed by atoms with Crippen LogP contribution in [0.4, 0.5) is 0 Å². The molecule has 1 aromatic heterocycles. The van der Waals surface area contributed by atoms with Crippen molar-refractivity contribution in [3.05, 3.63) is 58.8 Å². The van der Waals surface area contributed by atoms with Gasteiger partial charge in [-0.05, 0) is 36.4 Å². The second-order valence-electron chi connectivity index (χ2n) is 6.17. The summed E-state index contributed by atoms with van der Waals surface area (Å²) in [6, 6.07) is 14.2. The summed E-state index contributed by atoms with van der Waals surface area (Å²) in [6.07, 6.45) is 0. The van der Waals surface area contributed by atoms with E-state index in [-0.39, 0.29) is 17.8 Å². The van der Waals surface area contributed by atoms with Crippen LogP contribution in [0.1, 0.15) is 0 Å². The molecule has 0 fully saturated rings. The summed E-state index contributed by atoms with van der Waals surface area (Å²) in [4.78, 5) is 13.7. The third-order valence-corrected chi connectivity index (χ3v) is 3.95. The molecule has 0 spiro atoms. The van der Waals surface area contributed by atoms with Gasteiger partial charge < -0.3 is 31.2 Å². The van der Waals surface area contributed by atoms with Crippen molar-refractivity contribution in [3.63, 3.8) is 0 Å². The normalized spacial score (nSPS) is 10.6. The van der Waals surface area contributed by atoms with Gasteiger partial charge in [0.15, 0.2) is 5.43 Å². The summed E-state index contributed by atoms with van der Waals surface area (Å²) in [5.74, 6) is 1.98. The van der Waals surface area contributed by atoms with Gasteiger partial charge in [0.05, 0.1) is 26.6 Å². The number of benzene rings is 2. The van der Waals surface area contributed by atoms with Crippen molar-refractivity contribution < 1.29 is 31.2 Å². The van der Waals surface area contributed by atoms with Gasteiger partial charge in [-0.2, -0.15) is 0 Å². The molecule has 0 aliphatic rings. The minimum atomic E-state index is -0.0728. The molecular weight excluding hydrogens is 354 g/mol. The quantitative estimate of drug-likeness (QED) is 0.600. The maximum Gasteiger partial charge on any atom is 0.193 e. The van der Waals surface area contributed by atoms with Crippen molar-refractivity contribution in [2.75, 3.05) is 34.4 Å². The van der Waals surface area contributed by atoms with Gasteiger partial charge in [-0.3, -0.25) is 4.79 Å². The molecule has 0 aliphatic carbocycles. The van der Waals surface area contributed by atoms with Crippen LogP contribution in [0.5, 0.6) is 11.5 Å². The zero-order chi connectivity index (χ0) is 17.8. The summed E-state index contributed by atoms with van der Waals surface area (Å²) in [6.45, 7) is 1.50. The van der Waals surface area contributed by atoms with Crippen LogP contribution in [-0.4, -0.2) is 34.4 Å². The molecule has 0 bridgehead atoms. The maximum absolute atomic E-state index is 12.4. The minimum Gasteiger partial charge on any atom is -1.00 e. The van der Waals surface area contributed by atoms with Crippen LogP contribution >= 0.6 is 0 Å². The lowest BCUT2D eigenvalue weighted by molar-refractivity contribution is -0.858. The molecule has 26 heavy (non-hydrogen) atoms. The molecule has 0 saturated heterocycles. The Hall–Kier alpha value is -2.50. The SMILES string of the molecule is COc1ccc(-c2cc(=O)c3ccc(OCC[NH+](C)C)cc3o2)cc1.[Cl-]. The van der Waals surface area contributed by atoms with Crippen molar-refractivity contribution in [3.8, 4) is 22.8 Å². The molecule has 0 amide bonds. The average Bonchev–Trinajstić information content (AvgIpc) is 2.61. The molecule has 5 nitrogen and oxygen atoms in total. The fourth-order valence-corrected chi connectivity index (χ4v) is 2.50. The highest BCUT2D eigenvalue weighted by Gasteiger charge is 2.09. The van der Waals surface area contributed by atoms with E-state index in [1.165, 1.54) is 11.0 Å². The molecule has 6 heteroatoms. The maximum atomic E-state index is 12.4. The van der Waals surface area contributed by atoms with Gasteiger partial charge >= 0.3 is 0 Å². The van der Waals surface area contributed by atoms with E-state index >= 15 is 0 Å². The van der Waals surface area contributed by atoms with Gasteiger partial charge in [0.1, 0.15) is 36.0 Å². The Morgan fingerprint density at radius 3 is 2.35 bits per heavy atom. The zero-order valence-electron chi connectivity index (χ0n) is 15.0. The Kier molecular flexibility index (Phi) is 6.66. The van der Waals surface area contributed by atoms with Crippen LogP contribution in [0, 0.1) is 0 Å². The van der Waals surface area contributed by atoms with Crippen LogP contribution in [0.3, 0.4) is 0 Å². The van der Waals surface area contributed by atoms with Gasteiger partial charge in [-0.15, -0.1) is 0 Å². The molecule has 2 aromatic carbocycles. The molecule has 0 unspecified atom stereocenters. The first-order valence-electron chi connectivity index (χ1n) is 8.21. The van der Waals surface area contributed by atoms with Gasteiger partial charge in [0.2, 0.25) is 0 Å². The van der Waals surface area contributed by atoms with E-state index in [9.17, 15) is 4.79 Å². The van der Waals surface area contributed by atoms with E-state index in [2.05, 4.69) is 14.1 Å². The fraction of sp³-hybridized carbons (Fsp3) is 0.250. The van der Waals surface area contributed by atoms with Crippen LogP contribution in [-0.2, 0) is 0 Å². The lowest BCUT2D eigenvalue weighted by Gasteiger charge is -2.10. The third-order valence-electron chi connectivity index (χ3n) is 3.95.